The van der Waals surface area contributed by atoms with Crippen LogP contribution in [0.2, 0.25) is 5.02 Å². The first-order valence-corrected chi connectivity index (χ1v) is 7.43. The van der Waals surface area contributed by atoms with E-state index in [2.05, 4.69) is 28.7 Å². The molecule has 20 heavy (non-hydrogen) atoms. The zero-order valence-electron chi connectivity index (χ0n) is 12.2. The second-order valence-corrected chi connectivity index (χ2v) is 5.60. The zero-order valence-corrected chi connectivity index (χ0v) is 13.0. The minimum Gasteiger partial charge on any atom is -0.396 e. The van der Waals surface area contributed by atoms with Crippen molar-refractivity contribution >= 4 is 22.6 Å². The average molecular weight is 296 g/mol. The molecule has 5 heteroatoms. The molecule has 2 aromatic rings. The molecule has 1 aromatic heterocycles. The molecule has 0 radical (unpaired) electrons. The summed E-state index contributed by atoms with van der Waals surface area (Å²) in [7, 11) is 2.01. The molecule has 0 bridgehead atoms. The van der Waals surface area contributed by atoms with E-state index in [1.165, 1.54) is 0 Å². The average Bonchev–Trinajstić information content (AvgIpc) is 2.75. The van der Waals surface area contributed by atoms with Gasteiger partial charge in [-0.3, -0.25) is 0 Å². The molecule has 2 atom stereocenters. The van der Waals surface area contributed by atoms with Crippen LogP contribution in [0.5, 0.6) is 0 Å². The maximum absolute atomic E-state index is 9.08. The van der Waals surface area contributed by atoms with Crippen LogP contribution in [0.25, 0.3) is 11.0 Å². The third-order valence-electron chi connectivity index (χ3n) is 3.72. The lowest BCUT2D eigenvalue weighted by Crippen LogP contribution is -2.33. The van der Waals surface area contributed by atoms with Gasteiger partial charge in [0.25, 0.3) is 0 Å². The summed E-state index contributed by atoms with van der Waals surface area (Å²) in [4.78, 5) is 4.68. The van der Waals surface area contributed by atoms with Gasteiger partial charge in [0.2, 0.25) is 0 Å². The van der Waals surface area contributed by atoms with E-state index in [9.17, 15) is 0 Å². The van der Waals surface area contributed by atoms with E-state index in [-0.39, 0.29) is 12.6 Å². The fourth-order valence-electron chi connectivity index (χ4n) is 2.56. The summed E-state index contributed by atoms with van der Waals surface area (Å²) in [5, 5.41) is 13.3. The SMILES string of the molecule is CCC(CCO)NC(C)c1nc2ccc(Cl)cc2n1C. The number of nitrogens with zero attached hydrogens (tertiary/aromatic N) is 2. The van der Waals surface area contributed by atoms with Crippen molar-refractivity contribution < 1.29 is 5.11 Å². The van der Waals surface area contributed by atoms with Crippen molar-refractivity contribution in [3.05, 3.63) is 29.0 Å². The number of aliphatic hydroxyl groups is 1. The first-order chi connectivity index (χ1) is 9.56. The molecule has 0 saturated heterocycles. The van der Waals surface area contributed by atoms with Crippen molar-refractivity contribution in [3.8, 4) is 0 Å². The van der Waals surface area contributed by atoms with Gasteiger partial charge >= 0.3 is 0 Å². The van der Waals surface area contributed by atoms with Crippen molar-refractivity contribution in [2.45, 2.75) is 38.8 Å². The molecule has 0 fully saturated rings. The molecular weight excluding hydrogens is 274 g/mol. The summed E-state index contributed by atoms with van der Waals surface area (Å²) in [5.74, 6) is 0.985. The van der Waals surface area contributed by atoms with Crippen molar-refractivity contribution in [1.82, 2.24) is 14.9 Å². The number of aryl methyl sites for hydroxylation is 1. The predicted octanol–water partition coefficient (Wildman–Crippen LogP) is 3.04. The van der Waals surface area contributed by atoms with Crippen LogP contribution < -0.4 is 5.32 Å². The van der Waals surface area contributed by atoms with Crippen molar-refractivity contribution in [2.75, 3.05) is 6.61 Å². The van der Waals surface area contributed by atoms with E-state index in [1.807, 2.05) is 25.2 Å². The Morgan fingerprint density at radius 3 is 2.85 bits per heavy atom. The Morgan fingerprint density at radius 1 is 1.45 bits per heavy atom. The van der Waals surface area contributed by atoms with Crippen LogP contribution in [0, 0.1) is 0 Å². The number of hydrogen-bond donors (Lipinski definition) is 2. The quantitative estimate of drug-likeness (QED) is 0.861. The number of fused-ring (bicyclic) bond motifs is 1. The van der Waals surface area contributed by atoms with Gasteiger partial charge in [0.1, 0.15) is 5.82 Å². The summed E-state index contributed by atoms with van der Waals surface area (Å²) in [5.41, 5.74) is 1.99. The minimum absolute atomic E-state index is 0.127. The first kappa shape index (κ1) is 15.3. The lowest BCUT2D eigenvalue weighted by Gasteiger charge is -2.21. The maximum Gasteiger partial charge on any atom is 0.126 e. The molecule has 0 saturated carbocycles. The second kappa shape index (κ2) is 6.57. The molecule has 0 aliphatic carbocycles. The Balaban J connectivity index is 2.25. The molecule has 2 unspecified atom stereocenters. The number of halogens is 1. The van der Waals surface area contributed by atoms with Gasteiger partial charge in [-0.05, 0) is 38.0 Å². The number of rotatable bonds is 6. The molecule has 2 rings (SSSR count). The van der Waals surface area contributed by atoms with Gasteiger partial charge in [-0.1, -0.05) is 18.5 Å². The number of nitrogens with one attached hydrogen (secondary N) is 1. The molecule has 1 heterocycles. The topological polar surface area (TPSA) is 50.1 Å². The highest BCUT2D eigenvalue weighted by molar-refractivity contribution is 6.31. The molecule has 0 spiro atoms. The van der Waals surface area contributed by atoms with E-state index in [0.29, 0.717) is 6.04 Å². The lowest BCUT2D eigenvalue weighted by molar-refractivity contribution is 0.255. The molecule has 0 amide bonds. The predicted molar refractivity (Wildman–Crippen MR) is 83.1 cm³/mol. The fraction of sp³-hybridized carbons (Fsp3) is 0.533. The van der Waals surface area contributed by atoms with Crippen LogP contribution in [-0.2, 0) is 7.05 Å². The molecule has 2 N–H and O–H groups in total. The summed E-state index contributed by atoms with van der Waals surface area (Å²) >= 11 is 6.04. The Hall–Kier alpha value is -1.10. The fourth-order valence-corrected chi connectivity index (χ4v) is 2.72. The molecule has 0 aliphatic rings. The molecular formula is C15H22ClN3O. The van der Waals surface area contributed by atoms with Gasteiger partial charge < -0.3 is 15.0 Å². The van der Waals surface area contributed by atoms with Crippen LogP contribution >= 0.6 is 11.6 Å². The minimum atomic E-state index is 0.127. The van der Waals surface area contributed by atoms with Crippen LogP contribution in [-0.4, -0.2) is 27.3 Å². The van der Waals surface area contributed by atoms with Gasteiger partial charge in [-0.2, -0.15) is 0 Å². The van der Waals surface area contributed by atoms with Crippen LogP contribution in [0.1, 0.15) is 38.6 Å². The molecule has 0 aliphatic heterocycles. The van der Waals surface area contributed by atoms with Crippen LogP contribution in [0.3, 0.4) is 0 Å². The third kappa shape index (κ3) is 3.14. The smallest absolute Gasteiger partial charge is 0.126 e. The number of aromatic nitrogens is 2. The third-order valence-corrected chi connectivity index (χ3v) is 3.96. The van der Waals surface area contributed by atoms with E-state index in [1.54, 1.807) is 0 Å². The lowest BCUT2D eigenvalue weighted by atomic mass is 10.1. The van der Waals surface area contributed by atoms with Gasteiger partial charge in [-0.15, -0.1) is 0 Å². The van der Waals surface area contributed by atoms with Gasteiger partial charge in [-0.25, -0.2) is 4.98 Å². The highest BCUT2D eigenvalue weighted by Gasteiger charge is 2.17. The van der Waals surface area contributed by atoms with Crippen LogP contribution in [0.15, 0.2) is 18.2 Å². The monoisotopic (exact) mass is 295 g/mol. The molecule has 4 nitrogen and oxygen atoms in total. The Labute approximate surface area is 124 Å². The van der Waals surface area contributed by atoms with Crippen molar-refractivity contribution in [3.63, 3.8) is 0 Å². The molecule has 110 valence electrons. The van der Waals surface area contributed by atoms with E-state index in [0.717, 1.165) is 34.7 Å². The summed E-state index contributed by atoms with van der Waals surface area (Å²) in [6, 6.07) is 6.17. The normalized spacial score (nSPS) is 14.7. The Morgan fingerprint density at radius 2 is 2.20 bits per heavy atom. The standard InChI is InChI=1S/C15H22ClN3O/c1-4-12(7-8-20)17-10(2)15-18-13-6-5-11(16)9-14(13)19(15)3/h5-6,9-10,12,17,20H,4,7-8H2,1-3H3. The zero-order chi connectivity index (χ0) is 14.7. The number of hydrogen-bond acceptors (Lipinski definition) is 3. The van der Waals surface area contributed by atoms with Gasteiger partial charge in [0.15, 0.2) is 0 Å². The largest absolute Gasteiger partial charge is 0.396 e. The highest BCUT2D eigenvalue weighted by Crippen LogP contribution is 2.23. The second-order valence-electron chi connectivity index (χ2n) is 5.17. The summed E-state index contributed by atoms with van der Waals surface area (Å²) < 4.78 is 2.07. The van der Waals surface area contributed by atoms with Crippen molar-refractivity contribution in [2.24, 2.45) is 7.05 Å². The highest BCUT2D eigenvalue weighted by atomic mass is 35.5. The van der Waals surface area contributed by atoms with E-state index in [4.69, 9.17) is 16.7 Å². The van der Waals surface area contributed by atoms with Crippen LogP contribution in [0.4, 0.5) is 0 Å². The van der Waals surface area contributed by atoms with Crippen molar-refractivity contribution in [1.29, 1.82) is 0 Å². The first-order valence-electron chi connectivity index (χ1n) is 7.05. The number of aliphatic hydroxyl groups excluding tert-OH is 1. The summed E-state index contributed by atoms with van der Waals surface area (Å²) in [6.07, 6.45) is 1.75. The maximum atomic E-state index is 9.08. The number of imidazole rings is 1. The van der Waals surface area contributed by atoms with E-state index >= 15 is 0 Å². The van der Waals surface area contributed by atoms with Gasteiger partial charge in [0.05, 0.1) is 17.1 Å². The van der Waals surface area contributed by atoms with Gasteiger partial charge in [0, 0.05) is 24.7 Å². The summed E-state index contributed by atoms with van der Waals surface area (Å²) in [6.45, 7) is 4.42. The Bertz CT molecular complexity index is 582. The molecule has 1 aromatic carbocycles. The van der Waals surface area contributed by atoms with E-state index < -0.39 is 0 Å². The number of benzene rings is 1. The Kier molecular flexibility index (Phi) is 5.02.